The molecule has 2 fully saturated rings. The molecule has 0 aliphatic carbocycles. The van der Waals surface area contributed by atoms with Gasteiger partial charge in [-0.1, -0.05) is 56.9 Å². The van der Waals surface area contributed by atoms with Crippen LogP contribution in [0.5, 0.6) is 5.75 Å². The summed E-state index contributed by atoms with van der Waals surface area (Å²) in [5.74, 6) is 4.54. The molecule has 4 amide bonds. The van der Waals surface area contributed by atoms with Gasteiger partial charge in [0.25, 0.3) is 5.91 Å². The number of thiazole rings is 1. The van der Waals surface area contributed by atoms with E-state index in [1.807, 2.05) is 57.5 Å². The van der Waals surface area contributed by atoms with Crippen LogP contribution in [0.2, 0.25) is 0 Å². The summed E-state index contributed by atoms with van der Waals surface area (Å²) in [6.07, 6.45) is -3.62. The number of amides is 4. The van der Waals surface area contributed by atoms with Gasteiger partial charge in [-0.2, -0.15) is 18.4 Å². The second-order valence-corrected chi connectivity index (χ2v) is 18.9. The van der Waals surface area contributed by atoms with Crippen LogP contribution in [0.3, 0.4) is 0 Å². The van der Waals surface area contributed by atoms with Crippen LogP contribution in [0.15, 0.2) is 72.2 Å². The van der Waals surface area contributed by atoms with Crippen molar-refractivity contribution in [1.82, 2.24) is 20.5 Å². The Labute approximate surface area is 402 Å². The minimum atomic E-state index is -4.81. The predicted octanol–water partition coefficient (Wildman–Crippen LogP) is 7.18. The number of benzene rings is 3. The maximum Gasteiger partial charge on any atom is 0.417 e. The van der Waals surface area contributed by atoms with Crippen molar-refractivity contribution < 1.29 is 46.6 Å². The lowest BCUT2D eigenvalue weighted by atomic mass is 9.85. The van der Waals surface area contributed by atoms with Gasteiger partial charge in [-0.05, 0) is 105 Å². The van der Waals surface area contributed by atoms with Gasteiger partial charge in [-0.3, -0.25) is 24.1 Å². The second-order valence-electron chi connectivity index (χ2n) is 17.6. The van der Waals surface area contributed by atoms with E-state index in [1.54, 1.807) is 59.2 Å². The molecule has 0 saturated carbocycles. The molecule has 2 atom stereocenters. The van der Waals surface area contributed by atoms with E-state index in [1.165, 1.54) is 12.1 Å². The molecule has 1 unspecified atom stereocenters. The van der Waals surface area contributed by atoms with Gasteiger partial charge in [0, 0.05) is 18.8 Å². The number of aromatic nitrogens is 1. The van der Waals surface area contributed by atoms with Crippen LogP contribution in [-0.4, -0.2) is 95.8 Å². The van der Waals surface area contributed by atoms with Crippen molar-refractivity contribution in [3.63, 3.8) is 0 Å². The third-order valence-electron chi connectivity index (χ3n) is 11.4. The Balaban J connectivity index is 0.897. The minimum absolute atomic E-state index is 0.0269. The van der Waals surface area contributed by atoms with Crippen molar-refractivity contribution in [3.05, 3.63) is 94.6 Å². The number of alkyl halides is 3. The van der Waals surface area contributed by atoms with E-state index in [-0.39, 0.29) is 55.6 Å². The Kier molecular flexibility index (Phi) is 16.3. The first-order valence-corrected chi connectivity index (χ1v) is 23.0. The maximum absolute atomic E-state index is 13.9. The summed E-state index contributed by atoms with van der Waals surface area (Å²) in [4.78, 5) is 63.3. The number of thiocarbonyl (C=S) groups is 1. The van der Waals surface area contributed by atoms with Crippen LogP contribution >= 0.6 is 23.6 Å². The van der Waals surface area contributed by atoms with Crippen LogP contribution in [0, 0.1) is 35.5 Å². The van der Waals surface area contributed by atoms with Gasteiger partial charge in [0.1, 0.15) is 43.2 Å². The Morgan fingerprint density at radius 1 is 0.985 bits per heavy atom. The molecule has 2 saturated heterocycles. The van der Waals surface area contributed by atoms with Gasteiger partial charge < -0.3 is 34.6 Å². The summed E-state index contributed by atoms with van der Waals surface area (Å²) in [5.41, 5.74) is 1.54. The first kappa shape index (κ1) is 51.0. The van der Waals surface area contributed by atoms with E-state index >= 15 is 0 Å². The smallest absolute Gasteiger partial charge is 0.417 e. The average Bonchev–Trinajstić information content (AvgIpc) is 4.01. The van der Waals surface area contributed by atoms with E-state index in [9.17, 15) is 37.6 Å². The number of carbonyl (C=O) groups excluding carboxylic acids is 4. The standard InChI is InChI=1S/C49H52F3N7O7S2/c1-31-41(68-30-55-31)33-13-11-32(12-14-33)28-54-43(61)39-10-9-21-57(39)44(62)42(47(2,3)4)56-40(60)29-65-25-24-64-22-7-8-23-66-37-19-17-35(18-20-37)59-46(67)58(45(63)48(59,5)6)36-16-15-34(27-53)38(26-36)49(50,51)52/h11-20,26,30,39,42H,9-10,21-25,28-29H2,1-6H3,(H,54,61)(H,56,60)/t39-,42?/m0/s1. The fraction of sp³-hybridized carbons (Fsp3) is 0.408. The molecule has 358 valence electrons. The molecule has 0 radical (unpaired) electrons. The number of nitriles is 1. The van der Waals surface area contributed by atoms with E-state index in [0.717, 1.165) is 38.7 Å². The molecule has 14 nitrogen and oxygen atoms in total. The first-order valence-electron chi connectivity index (χ1n) is 21.7. The number of nitrogens with one attached hydrogen (secondary N) is 2. The molecular formula is C49H52F3N7O7S2. The topological polar surface area (TPSA) is 166 Å². The quantitative estimate of drug-likeness (QED) is 0.0664. The Bertz CT molecular complexity index is 2610. The fourth-order valence-corrected chi connectivity index (χ4v) is 9.09. The van der Waals surface area contributed by atoms with Crippen LogP contribution in [-0.2, 0) is 41.4 Å². The van der Waals surface area contributed by atoms with Crippen molar-refractivity contribution in [3.8, 4) is 34.1 Å². The Hall–Kier alpha value is -6.38. The summed E-state index contributed by atoms with van der Waals surface area (Å²) in [7, 11) is 0. The molecule has 1 aromatic heterocycles. The van der Waals surface area contributed by atoms with Crippen LogP contribution in [0.4, 0.5) is 24.5 Å². The number of hydrogen-bond donors (Lipinski definition) is 2. The van der Waals surface area contributed by atoms with Crippen molar-refractivity contribution in [2.75, 3.05) is 49.4 Å². The highest BCUT2D eigenvalue weighted by Gasteiger charge is 2.51. The van der Waals surface area contributed by atoms with E-state index < -0.39 is 52.2 Å². The average molecular weight is 972 g/mol. The molecular weight excluding hydrogens is 920 g/mol. The third-order valence-corrected chi connectivity index (χ3v) is 12.7. The van der Waals surface area contributed by atoms with Gasteiger partial charge in [-0.25, -0.2) is 4.98 Å². The zero-order chi connectivity index (χ0) is 49.4. The number of hydrogen-bond acceptors (Lipinski definition) is 11. The highest BCUT2D eigenvalue weighted by molar-refractivity contribution is 7.81. The zero-order valence-corrected chi connectivity index (χ0v) is 40.1. The lowest BCUT2D eigenvalue weighted by Crippen LogP contribution is -2.58. The molecule has 2 aliphatic rings. The first-order chi connectivity index (χ1) is 32.2. The van der Waals surface area contributed by atoms with Crippen LogP contribution in [0.1, 0.15) is 69.8 Å². The van der Waals surface area contributed by atoms with Crippen LogP contribution < -0.4 is 25.2 Å². The number of likely N-dealkylation sites (tertiary alicyclic amines) is 1. The molecule has 0 spiro atoms. The van der Waals surface area contributed by atoms with E-state index in [0.29, 0.717) is 37.4 Å². The lowest BCUT2D eigenvalue weighted by Gasteiger charge is -2.35. The van der Waals surface area contributed by atoms with Crippen molar-refractivity contribution in [2.45, 2.75) is 84.7 Å². The van der Waals surface area contributed by atoms with E-state index in [4.69, 9.17) is 26.4 Å². The molecule has 6 rings (SSSR count). The zero-order valence-electron chi connectivity index (χ0n) is 38.5. The van der Waals surface area contributed by atoms with Gasteiger partial charge in [0.05, 0.1) is 52.2 Å². The number of carbonyl (C=O) groups is 4. The number of nitrogens with zero attached hydrogens (tertiary/aromatic N) is 5. The summed E-state index contributed by atoms with van der Waals surface area (Å²) in [6.45, 7) is 11.5. The Morgan fingerprint density at radius 2 is 1.66 bits per heavy atom. The summed E-state index contributed by atoms with van der Waals surface area (Å²) < 4.78 is 57.8. The van der Waals surface area contributed by atoms with Gasteiger partial charge in [0.2, 0.25) is 17.7 Å². The summed E-state index contributed by atoms with van der Waals surface area (Å²) in [5, 5.41) is 15.0. The number of halogens is 3. The molecule has 4 aromatic rings. The molecule has 3 aromatic carbocycles. The maximum atomic E-state index is 13.9. The molecule has 19 heteroatoms. The highest BCUT2D eigenvalue weighted by Crippen LogP contribution is 2.40. The number of ether oxygens (including phenoxy) is 3. The summed E-state index contributed by atoms with van der Waals surface area (Å²) in [6, 6.07) is 17.6. The van der Waals surface area contributed by atoms with Gasteiger partial charge in [-0.15, -0.1) is 11.3 Å². The van der Waals surface area contributed by atoms with Crippen molar-refractivity contribution in [1.29, 1.82) is 5.26 Å². The third kappa shape index (κ3) is 12.0. The monoisotopic (exact) mass is 971 g/mol. The molecule has 2 N–H and O–H groups in total. The minimum Gasteiger partial charge on any atom is -0.481 e. The fourth-order valence-electron chi connectivity index (χ4n) is 7.76. The van der Waals surface area contributed by atoms with Gasteiger partial charge >= 0.3 is 6.18 Å². The second kappa shape index (κ2) is 21.7. The molecule has 0 bridgehead atoms. The lowest BCUT2D eigenvalue weighted by molar-refractivity contribution is -0.144. The largest absolute Gasteiger partial charge is 0.481 e. The van der Waals surface area contributed by atoms with Crippen LogP contribution in [0.25, 0.3) is 10.4 Å². The summed E-state index contributed by atoms with van der Waals surface area (Å²) >= 11 is 7.18. The molecule has 68 heavy (non-hydrogen) atoms. The Morgan fingerprint density at radius 3 is 2.31 bits per heavy atom. The number of aryl methyl sites for hydroxylation is 1. The van der Waals surface area contributed by atoms with E-state index in [2.05, 4.69) is 27.5 Å². The number of anilines is 2. The normalized spacial score (nSPS) is 16.2. The molecule has 2 aliphatic heterocycles. The van der Waals surface area contributed by atoms with Crippen molar-refractivity contribution in [2.24, 2.45) is 5.41 Å². The predicted molar refractivity (Wildman–Crippen MR) is 254 cm³/mol. The van der Waals surface area contributed by atoms with Gasteiger partial charge in [0.15, 0.2) is 5.11 Å². The van der Waals surface area contributed by atoms with Crippen molar-refractivity contribution >= 4 is 63.7 Å². The SMILES string of the molecule is Cc1ncsc1-c1ccc(CNC(=O)[C@@H]2CCCN2C(=O)C(NC(=O)COCCOCC#CCOc2ccc(N3C(=S)N(c4ccc(C#N)c(C(F)(F)F)c4)C(=O)C3(C)C)cc2)C(C)(C)C)cc1. The molecule has 3 heterocycles. The highest BCUT2D eigenvalue weighted by atomic mass is 32.1. The number of rotatable bonds is 16.